The van der Waals surface area contributed by atoms with Crippen molar-refractivity contribution in [3.8, 4) is 0 Å². The van der Waals surface area contributed by atoms with Crippen molar-refractivity contribution in [2.75, 3.05) is 0 Å². The summed E-state index contributed by atoms with van der Waals surface area (Å²) in [4.78, 5) is 11.2. The summed E-state index contributed by atoms with van der Waals surface area (Å²) in [6.07, 6.45) is 0. The second kappa shape index (κ2) is 16.4. The fourth-order valence-corrected chi connectivity index (χ4v) is 8.76. The van der Waals surface area contributed by atoms with Gasteiger partial charge < -0.3 is 0 Å². The first-order valence-electron chi connectivity index (χ1n) is 18.2. The average Bonchev–Trinajstić information content (AvgIpc) is 3.38. The molecule has 0 spiro atoms. The number of aliphatic imine (C=N–C) groups is 2. The van der Waals surface area contributed by atoms with Gasteiger partial charge >= 0.3 is 39.3 Å². The molecule has 7 rings (SSSR count). The molecule has 274 valence electrons. The Morgan fingerprint density at radius 2 is 0.830 bits per heavy atom. The average molecular weight is 871 g/mol. The van der Waals surface area contributed by atoms with E-state index >= 15 is 0 Å². The zero-order valence-corrected chi connectivity index (χ0v) is 36.5. The van der Waals surface area contributed by atoms with Crippen molar-refractivity contribution in [2.24, 2.45) is 9.98 Å². The molecule has 0 aromatic heterocycles. The van der Waals surface area contributed by atoms with Crippen molar-refractivity contribution < 1.29 is 10.9 Å². The van der Waals surface area contributed by atoms with Gasteiger partial charge in [-0.1, -0.05) is 121 Å². The standard InChI is InChI=1S/C48H48N2.2BrH.Ni/c1-27-17-19-42(40(25-27)35(9)44-31(5)21-29(3)22-32(44)6)49-47-38-15-11-13-37-14-12-16-39(46(37)38)48(47)50-43-20-18-28(2)26-41(43)36(10)45-33(7)23-30(4)24-34(45)8;;;/h11-26,35-36H,1-10H3;2*1H;/q;;;+2/p-2. The van der Waals surface area contributed by atoms with Crippen LogP contribution in [0.25, 0.3) is 10.8 Å². The van der Waals surface area contributed by atoms with Crippen molar-refractivity contribution in [2.45, 2.75) is 81.1 Å². The molecule has 2 unspecified atom stereocenters. The molecule has 0 saturated heterocycles. The summed E-state index contributed by atoms with van der Waals surface area (Å²) in [5, 5.41) is 2.44. The third-order valence-corrected chi connectivity index (χ3v) is 10.7. The van der Waals surface area contributed by atoms with Crippen molar-refractivity contribution in [3.63, 3.8) is 0 Å². The zero-order chi connectivity index (χ0) is 38.1. The first-order valence-corrected chi connectivity index (χ1v) is 23.1. The normalized spacial score (nSPS) is 14.9. The van der Waals surface area contributed by atoms with Crippen LogP contribution in [0.3, 0.4) is 0 Å². The Hall–Kier alpha value is -3.63. The monoisotopic (exact) mass is 868 g/mol. The molecule has 0 saturated carbocycles. The quantitative estimate of drug-likeness (QED) is 0.149. The van der Waals surface area contributed by atoms with Gasteiger partial charge in [0.25, 0.3) is 0 Å². The molecule has 0 fully saturated rings. The Kier molecular flexibility index (Phi) is 12.1. The minimum atomic E-state index is 0.181. The van der Waals surface area contributed by atoms with Gasteiger partial charge in [-0.15, -0.1) is 0 Å². The Balaban J connectivity index is 0.00000155. The number of hydrogen-bond donors (Lipinski definition) is 0. The predicted octanol–water partition coefficient (Wildman–Crippen LogP) is 14.6. The van der Waals surface area contributed by atoms with Crippen LogP contribution in [0.5, 0.6) is 0 Å². The van der Waals surface area contributed by atoms with Crippen LogP contribution < -0.4 is 0 Å². The van der Waals surface area contributed by atoms with E-state index in [2.05, 4.69) is 195 Å². The SMILES string of the molecule is Cc1cc(C)c(C(C)c2cc(C)ccc2N=C2C(=Nc3ccc(C)cc3C(C)c3c(C)cc(C)cc3C)c3cccc4cccc2c34)c(C)c1.[Br][Ni][Br]. The first-order chi connectivity index (χ1) is 25.3. The molecule has 5 heteroatoms. The summed E-state index contributed by atoms with van der Waals surface area (Å²) in [7, 11) is 1.25. The van der Waals surface area contributed by atoms with Gasteiger partial charge in [0.1, 0.15) is 0 Å². The van der Waals surface area contributed by atoms with Gasteiger partial charge in [0.15, 0.2) is 0 Å². The molecule has 53 heavy (non-hydrogen) atoms. The van der Waals surface area contributed by atoms with Crippen molar-refractivity contribution >= 4 is 62.0 Å². The van der Waals surface area contributed by atoms with Crippen LogP contribution in [0.2, 0.25) is 0 Å². The van der Waals surface area contributed by atoms with E-state index in [9.17, 15) is 0 Å². The van der Waals surface area contributed by atoms with E-state index in [1.165, 1.54) is 88.4 Å². The first kappa shape index (κ1) is 39.1. The third-order valence-electron chi connectivity index (χ3n) is 10.7. The molecule has 0 aliphatic heterocycles. The molecule has 0 amide bonds. The summed E-state index contributed by atoms with van der Waals surface area (Å²) in [5.74, 6) is 0.362. The van der Waals surface area contributed by atoms with Crippen LogP contribution in [0, 0.1) is 55.4 Å². The second-order valence-corrected chi connectivity index (χ2v) is 19.9. The third kappa shape index (κ3) is 7.95. The Labute approximate surface area is 336 Å². The fourth-order valence-electron chi connectivity index (χ4n) is 8.76. The van der Waals surface area contributed by atoms with Crippen LogP contribution in [0.15, 0.2) is 107 Å². The van der Waals surface area contributed by atoms with Crippen molar-refractivity contribution in [1.29, 1.82) is 0 Å². The van der Waals surface area contributed by atoms with Crippen LogP contribution >= 0.6 is 28.5 Å². The van der Waals surface area contributed by atoms with Gasteiger partial charge in [0.2, 0.25) is 0 Å². The number of rotatable bonds is 6. The van der Waals surface area contributed by atoms with E-state index in [-0.39, 0.29) is 11.8 Å². The molecule has 6 aromatic carbocycles. The number of aryl methyl sites for hydroxylation is 8. The summed E-state index contributed by atoms with van der Waals surface area (Å²) in [6.45, 7) is 22.4. The Morgan fingerprint density at radius 3 is 1.19 bits per heavy atom. The molecule has 0 N–H and O–H groups in total. The van der Waals surface area contributed by atoms with Gasteiger partial charge in [0.05, 0.1) is 22.8 Å². The van der Waals surface area contributed by atoms with Crippen LogP contribution in [-0.4, -0.2) is 11.4 Å². The summed E-state index contributed by atoms with van der Waals surface area (Å²) < 4.78 is 0. The van der Waals surface area contributed by atoms with E-state index in [0.29, 0.717) is 0 Å². The van der Waals surface area contributed by atoms with Gasteiger partial charge in [-0.3, -0.25) is 0 Å². The van der Waals surface area contributed by atoms with Crippen LogP contribution in [-0.2, 0) is 10.9 Å². The van der Waals surface area contributed by atoms with Crippen molar-refractivity contribution in [1.82, 2.24) is 0 Å². The minimum absolute atomic E-state index is 0.181. The topological polar surface area (TPSA) is 24.7 Å². The molecule has 2 atom stereocenters. The molecule has 1 aliphatic rings. The molecular weight excluding hydrogens is 823 g/mol. The van der Waals surface area contributed by atoms with Gasteiger partial charge in [0, 0.05) is 28.3 Å². The number of halogens is 2. The van der Waals surface area contributed by atoms with Gasteiger partial charge in [-0.05, 0) is 117 Å². The van der Waals surface area contributed by atoms with Gasteiger partial charge in [-0.2, -0.15) is 0 Å². The predicted molar refractivity (Wildman–Crippen MR) is 233 cm³/mol. The van der Waals surface area contributed by atoms with E-state index in [1.54, 1.807) is 0 Å². The van der Waals surface area contributed by atoms with Crippen LogP contribution in [0.4, 0.5) is 11.4 Å². The molecule has 0 bridgehead atoms. The maximum absolute atomic E-state index is 5.61. The summed E-state index contributed by atoms with van der Waals surface area (Å²) in [5.41, 5.74) is 21.8. The molecule has 1 aliphatic carbocycles. The van der Waals surface area contributed by atoms with Crippen molar-refractivity contribution in [3.05, 3.63) is 175 Å². The fraction of sp³-hybridized carbons (Fsp3) is 0.250. The zero-order valence-electron chi connectivity index (χ0n) is 32.4. The Morgan fingerprint density at radius 1 is 0.472 bits per heavy atom. The maximum atomic E-state index is 5.61. The second-order valence-electron chi connectivity index (χ2n) is 14.9. The van der Waals surface area contributed by atoms with Crippen LogP contribution in [0.1, 0.15) is 104 Å². The molecule has 0 heterocycles. The van der Waals surface area contributed by atoms with Gasteiger partial charge in [-0.25, -0.2) is 9.98 Å². The number of hydrogen-bond acceptors (Lipinski definition) is 2. The number of nitrogens with zero attached hydrogens (tertiary/aromatic N) is 2. The van der Waals surface area contributed by atoms with E-state index in [4.69, 9.17) is 9.98 Å². The summed E-state index contributed by atoms with van der Waals surface area (Å²) in [6, 6.07) is 35.8. The number of benzene rings is 6. The molecule has 6 aromatic rings. The molecule has 0 radical (unpaired) electrons. The van der Waals surface area contributed by atoms with E-state index in [0.717, 1.165) is 33.9 Å². The molecular formula is C48H48Br2N2Ni. The summed E-state index contributed by atoms with van der Waals surface area (Å²) >= 11 is 6.00. The molecule has 2 nitrogen and oxygen atoms in total. The van der Waals surface area contributed by atoms with E-state index < -0.39 is 0 Å². The Bertz CT molecular complexity index is 2210. The van der Waals surface area contributed by atoms with E-state index in [1.807, 2.05) is 0 Å².